The van der Waals surface area contributed by atoms with Gasteiger partial charge in [-0.1, -0.05) is 6.07 Å². The third-order valence-electron chi connectivity index (χ3n) is 3.94. The van der Waals surface area contributed by atoms with Gasteiger partial charge in [0.2, 0.25) is 0 Å². The molecule has 2 rings (SSSR count). The zero-order valence-corrected chi connectivity index (χ0v) is 11.3. The molecule has 0 radical (unpaired) electrons. The summed E-state index contributed by atoms with van der Waals surface area (Å²) in [5.41, 5.74) is 6.91. The maximum atomic E-state index is 10.6. The predicted octanol–water partition coefficient (Wildman–Crippen LogP) is 1.65. The van der Waals surface area contributed by atoms with Gasteiger partial charge < -0.3 is 15.8 Å². The number of rotatable bonds is 6. The molecule has 0 unspecified atom stereocenters. The van der Waals surface area contributed by atoms with Crippen molar-refractivity contribution < 1.29 is 4.79 Å². The van der Waals surface area contributed by atoms with Gasteiger partial charge in [-0.2, -0.15) is 0 Å². The normalized spacial score (nSPS) is 24.9. The average molecular weight is 261 g/mol. The first kappa shape index (κ1) is 14.2. The van der Waals surface area contributed by atoms with Crippen LogP contribution in [0.25, 0.3) is 0 Å². The van der Waals surface area contributed by atoms with E-state index < -0.39 is 0 Å². The highest BCUT2D eigenvalue weighted by atomic mass is 16.1. The Hall–Kier alpha value is -1.26. The molecule has 1 saturated carbocycles. The lowest BCUT2D eigenvalue weighted by molar-refractivity contribution is -0.109. The Kier molecular flexibility index (Phi) is 5.48. The van der Waals surface area contributed by atoms with Gasteiger partial charge in [-0.3, -0.25) is 4.98 Å². The summed E-state index contributed by atoms with van der Waals surface area (Å²) in [6, 6.07) is 4.37. The monoisotopic (exact) mass is 261 g/mol. The van der Waals surface area contributed by atoms with Gasteiger partial charge in [-0.25, -0.2) is 0 Å². The molecule has 1 aliphatic carbocycles. The number of aldehydes is 1. The van der Waals surface area contributed by atoms with Crippen LogP contribution in [0.4, 0.5) is 0 Å². The van der Waals surface area contributed by atoms with Gasteiger partial charge in [-0.15, -0.1) is 0 Å². The fraction of sp³-hybridized carbons (Fsp3) is 0.600. The first-order chi connectivity index (χ1) is 9.28. The van der Waals surface area contributed by atoms with Crippen LogP contribution in [0.15, 0.2) is 24.5 Å². The molecule has 3 N–H and O–H groups in total. The molecule has 0 aromatic carbocycles. The minimum atomic E-state index is -0.273. The second kappa shape index (κ2) is 7.36. The molecule has 1 aliphatic rings. The molecule has 0 aliphatic heterocycles. The molecular weight excluding hydrogens is 238 g/mol. The quantitative estimate of drug-likeness (QED) is 0.764. The molecule has 0 amide bonds. The lowest BCUT2D eigenvalue weighted by atomic mass is 9.82. The van der Waals surface area contributed by atoms with Crippen LogP contribution in [-0.4, -0.2) is 23.4 Å². The van der Waals surface area contributed by atoms with E-state index in [-0.39, 0.29) is 6.04 Å². The van der Waals surface area contributed by atoms with Gasteiger partial charge >= 0.3 is 0 Å². The number of aromatic nitrogens is 1. The zero-order valence-electron chi connectivity index (χ0n) is 11.3. The van der Waals surface area contributed by atoms with E-state index in [1.165, 1.54) is 31.2 Å². The summed E-state index contributed by atoms with van der Waals surface area (Å²) in [5.74, 6) is 0.622. The van der Waals surface area contributed by atoms with Crippen LogP contribution in [0, 0.1) is 5.92 Å². The van der Waals surface area contributed by atoms with E-state index in [0.29, 0.717) is 12.0 Å². The van der Waals surface area contributed by atoms with Crippen molar-refractivity contribution in [3.05, 3.63) is 30.1 Å². The van der Waals surface area contributed by atoms with E-state index in [0.717, 1.165) is 19.3 Å². The van der Waals surface area contributed by atoms with Crippen molar-refractivity contribution in [2.45, 2.75) is 50.7 Å². The third-order valence-corrected chi connectivity index (χ3v) is 3.94. The fourth-order valence-electron chi connectivity index (χ4n) is 2.81. The number of nitrogens with one attached hydrogen (secondary N) is 1. The van der Waals surface area contributed by atoms with Crippen LogP contribution < -0.4 is 11.1 Å². The summed E-state index contributed by atoms with van der Waals surface area (Å²) in [7, 11) is 0. The van der Waals surface area contributed by atoms with E-state index in [1.54, 1.807) is 6.20 Å². The van der Waals surface area contributed by atoms with Gasteiger partial charge in [0.05, 0.1) is 6.04 Å². The van der Waals surface area contributed by atoms with Gasteiger partial charge in [0, 0.05) is 25.0 Å². The van der Waals surface area contributed by atoms with Crippen LogP contribution in [0.3, 0.4) is 0 Å². The Morgan fingerprint density at radius 2 is 2.21 bits per heavy atom. The highest BCUT2D eigenvalue weighted by Gasteiger charge is 2.22. The Morgan fingerprint density at radius 3 is 2.84 bits per heavy atom. The Labute approximate surface area is 114 Å². The van der Waals surface area contributed by atoms with Crippen LogP contribution in [0.2, 0.25) is 0 Å². The first-order valence-electron chi connectivity index (χ1n) is 7.11. The molecule has 0 saturated heterocycles. The van der Waals surface area contributed by atoms with Gasteiger partial charge in [0.1, 0.15) is 6.29 Å². The molecule has 1 heterocycles. The standard InChI is InChI=1S/C15H23N3O/c16-14(11-19)8-12-3-5-15(6-4-12)18-10-13-2-1-7-17-9-13/h1-2,7,9,11-12,14-15,18H,3-6,8,10,16H2/t12?,14-,15?/m1/s1. The van der Waals surface area contributed by atoms with Gasteiger partial charge in [0.25, 0.3) is 0 Å². The summed E-state index contributed by atoms with van der Waals surface area (Å²) >= 11 is 0. The van der Waals surface area contributed by atoms with E-state index in [2.05, 4.69) is 16.4 Å². The molecule has 4 heteroatoms. The summed E-state index contributed by atoms with van der Waals surface area (Å²) in [6.45, 7) is 0.886. The molecular formula is C15H23N3O. The van der Waals surface area contributed by atoms with Crippen molar-refractivity contribution in [1.29, 1.82) is 0 Å². The maximum absolute atomic E-state index is 10.6. The highest BCUT2D eigenvalue weighted by Crippen LogP contribution is 2.27. The van der Waals surface area contributed by atoms with E-state index >= 15 is 0 Å². The van der Waals surface area contributed by atoms with Crippen molar-refractivity contribution in [2.75, 3.05) is 0 Å². The minimum Gasteiger partial charge on any atom is -0.322 e. The smallest absolute Gasteiger partial charge is 0.136 e. The topological polar surface area (TPSA) is 68.0 Å². The van der Waals surface area contributed by atoms with Crippen LogP contribution in [0.1, 0.15) is 37.7 Å². The number of hydrogen-bond acceptors (Lipinski definition) is 4. The van der Waals surface area contributed by atoms with Crippen molar-refractivity contribution in [3.63, 3.8) is 0 Å². The Balaban J connectivity index is 1.67. The average Bonchev–Trinajstić information content (AvgIpc) is 2.47. The first-order valence-corrected chi connectivity index (χ1v) is 7.11. The van der Waals surface area contributed by atoms with Crippen molar-refractivity contribution in [2.24, 2.45) is 11.7 Å². The summed E-state index contributed by atoms with van der Waals surface area (Å²) in [4.78, 5) is 14.7. The number of hydrogen-bond donors (Lipinski definition) is 2. The molecule has 4 nitrogen and oxygen atoms in total. The molecule has 1 aromatic heterocycles. The number of nitrogens with two attached hydrogens (primary N) is 1. The largest absolute Gasteiger partial charge is 0.322 e. The third kappa shape index (κ3) is 4.73. The second-order valence-corrected chi connectivity index (χ2v) is 5.50. The molecule has 104 valence electrons. The van der Waals surface area contributed by atoms with Crippen LogP contribution in [0.5, 0.6) is 0 Å². The number of pyridine rings is 1. The molecule has 1 fully saturated rings. The fourth-order valence-corrected chi connectivity index (χ4v) is 2.81. The van der Waals surface area contributed by atoms with Crippen molar-refractivity contribution in [3.8, 4) is 0 Å². The van der Waals surface area contributed by atoms with Crippen molar-refractivity contribution in [1.82, 2.24) is 10.3 Å². The highest BCUT2D eigenvalue weighted by molar-refractivity contribution is 5.56. The minimum absolute atomic E-state index is 0.273. The summed E-state index contributed by atoms with van der Waals surface area (Å²) in [6.07, 6.45) is 10.1. The lowest BCUT2D eigenvalue weighted by Gasteiger charge is -2.29. The Morgan fingerprint density at radius 1 is 1.42 bits per heavy atom. The Bertz CT molecular complexity index is 374. The SMILES string of the molecule is N[C@@H](C=O)CC1CCC(NCc2cccnc2)CC1. The number of nitrogens with zero attached hydrogens (tertiary/aromatic N) is 1. The molecule has 1 aromatic rings. The molecule has 0 spiro atoms. The van der Waals surface area contributed by atoms with Gasteiger partial charge in [0.15, 0.2) is 0 Å². The molecule has 19 heavy (non-hydrogen) atoms. The van der Waals surface area contributed by atoms with E-state index in [9.17, 15) is 4.79 Å². The summed E-state index contributed by atoms with van der Waals surface area (Å²) < 4.78 is 0. The van der Waals surface area contributed by atoms with Crippen LogP contribution >= 0.6 is 0 Å². The van der Waals surface area contributed by atoms with Gasteiger partial charge in [-0.05, 0) is 49.7 Å². The number of carbonyl (C=O) groups excluding carboxylic acids is 1. The lowest BCUT2D eigenvalue weighted by Crippen LogP contribution is -2.34. The van der Waals surface area contributed by atoms with E-state index in [1.807, 2.05) is 12.3 Å². The zero-order chi connectivity index (χ0) is 13.5. The van der Waals surface area contributed by atoms with Crippen LogP contribution in [-0.2, 0) is 11.3 Å². The molecule has 0 bridgehead atoms. The second-order valence-electron chi connectivity index (χ2n) is 5.50. The molecule has 1 atom stereocenters. The summed E-state index contributed by atoms with van der Waals surface area (Å²) in [5, 5.41) is 3.58. The van der Waals surface area contributed by atoms with Crippen molar-refractivity contribution >= 4 is 6.29 Å². The van der Waals surface area contributed by atoms with E-state index in [4.69, 9.17) is 5.73 Å². The maximum Gasteiger partial charge on any atom is 0.136 e. The predicted molar refractivity (Wildman–Crippen MR) is 75.5 cm³/mol. The number of carbonyl (C=O) groups is 1.